The molecule has 1 fully saturated rings. The first-order chi connectivity index (χ1) is 11.5. The summed E-state index contributed by atoms with van der Waals surface area (Å²) in [6, 6.07) is 0.259. The van der Waals surface area contributed by atoms with Gasteiger partial charge in [-0.15, -0.1) is 24.0 Å². The summed E-state index contributed by atoms with van der Waals surface area (Å²) >= 11 is 0. The Morgan fingerprint density at radius 1 is 1.36 bits per heavy atom. The van der Waals surface area contributed by atoms with Crippen molar-refractivity contribution >= 4 is 35.8 Å². The van der Waals surface area contributed by atoms with Crippen molar-refractivity contribution < 1.29 is 4.79 Å². The number of halogens is 1. The zero-order valence-corrected chi connectivity index (χ0v) is 18.3. The number of nitrogens with zero attached hydrogens (tertiary/aromatic N) is 4. The molecule has 7 nitrogen and oxygen atoms in total. The van der Waals surface area contributed by atoms with Gasteiger partial charge in [0.1, 0.15) is 0 Å². The van der Waals surface area contributed by atoms with Crippen LogP contribution in [0.15, 0.2) is 4.99 Å². The molecule has 1 aliphatic heterocycles. The smallest absolute Gasteiger partial charge is 0.222 e. The molecule has 0 aliphatic carbocycles. The molecule has 8 heteroatoms. The Morgan fingerprint density at radius 3 is 2.64 bits per heavy atom. The van der Waals surface area contributed by atoms with Crippen molar-refractivity contribution in [1.82, 2.24) is 25.3 Å². The highest BCUT2D eigenvalue weighted by molar-refractivity contribution is 14.0. The van der Waals surface area contributed by atoms with E-state index in [9.17, 15) is 4.79 Å². The molecule has 25 heavy (non-hydrogen) atoms. The van der Waals surface area contributed by atoms with E-state index in [4.69, 9.17) is 4.99 Å². The van der Waals surface area contributed by atoms with Crippen molar-refractivity contribution in [1.29, 1.82) is 0 Å². The summed E-state index contributed by atoms with van der Waals surface area (Å²) in [5, 5.41) is 11.2. The van der Waals surface area contributed by atoms with Crippen molar-refractivity contribution in [3.63, 3.8) is 0 Å². The third-order valence-electron chi connectivity index (χ3n) is 4.58. The molecule has 2 N–H and O–H groups in total. The van der Waals surface area contributed by atoms with Gasteiger partial charge in [-0.1, -0.05) is 6.92 Å². The highest BCUT2D eigenvalue weighted by atomic mass is 127. The van der Waals surface area contributed by atoms with E-state index in [-0.39, 0.29) is 35.9 Å². The first-order valence-corrected chi connectivity index (χ1v) is 8.77. The van der Waals surface area contributed by atoms with Gasteiger partial charge in [0.15, 0.2) is 5.96 Å². The molecule has 1 aromatic rings. The fourth-order valence-electron chi connectivity index (χ4n) is 3.05. The maximum absolute atomic E-state index is 11.8. The SMILES string of the molecule is CCNC(=NCc1c(C)nn(C)c1C)NC1CCN(C(=O)CC)C1.I. The van der Waals surface area contributed by atoms with E-state index in [1.54, 1.807) is 0 Å². The van der Waals surface area contributed by atoms with E-state index in [0.717, 1.165) is 43.4 Å². The predicted molar refractivity (Wildman–Crippen MR) is 111 cm³/mol. The van der Waals surface area contributed by atoms with Crippen LogP contribution in [0.2, 0.25) is 0 Å². The van der Waals surface area contributed by atoms with Crippen LogP contribution in [-0.4, -0.2) is 52.2 Å². The second kappa shape index (κ2) is 9.98. The van der Waals surface area contributed by atoms with Crippen LogP contribution in [0.4, 0.5) is 0 Å². The monoisotopic (exact) mass is 462 g/mol. The van der Waals surface area contributed by atoms with Crippen LogP contribution in [0.3, 0.4) is 0 Å². The van der Waals surface area contributed by atoms with Crippen LogP contribution in [0.5, 0.6) is 0 Å². The average Bonchev–Trinajstić information content (AvgIpc) is 3.11. The van der Waals surface area contributed by atoms with Gasteiger partial charge < -0.3 is 15.5 Å². The summed E-state index contributed by atoms with van der Waals surface area (Å²) in [4.78, 5) is 18.4. The molecule has 1 aliphatic rings. The third-order valence-corrected chi connectivity index (χ3v) is 4.58. The molecule has 2 heterocycles. The van der Waals surface area contributed by atoms with Crippen molar-refractivity contribution in [2.75, 3.05) is 19.6 Å². The lowest BCUT2D eigenvalue weighted by Gasteiger charge is -2.18. The first-order valence-electron chi connectivity index (χ1n) is 8.77. The van der Waals surface area contributed by atoms with Crippen molar-refractivity contribution in [3.05, 3.63) is 17.0 Å². The maximum atomic E-state index is 11.8. The number of guanidine groups is 1. The van der Waals surface area contributed by atoms with Gasteiger partial charge in [0, 0.05) is 50.4 Å². The summed E-state index contributed by atoms with van der Waals surface area (Å²) in [6.07, 6.45) is 1.53. The number of hydrogen-bond donors (Lipinski definition) is 2. The molecule has 0 bridgehead atoms. The van der Waals surface area contributed by atoms with E-state index in [0.29, 0.717) is 13.0 Å². The molecular formula is C17H31IN6O. The van der Waals surface area contributed by atoms with Gasteiger partial charge in [0.25, 0.3) is 0 Å². The summed E-state index contributed by atoms with van der Waals surface area (Å²) in [7, 11) is 1.96. The van der Waals surface area contributed by atoms with Gasteiger partial charge in [-0.25, -0.2) is 4.99 Å². The molecule has 0 spiro atoms. The molecule has 0 aromatic carbocycles. The molecule has 1 atom stereocenters. The largest absolute Gasteiger partial charge is 0.357 e. The molecule has 1 unspecified atom stereocenters. The zero-order valence-electron chi connectivity index (χ0n) is 15.9. The Hall–Kier alpha value is -1.32. The van der Waals surface area contributed by atoms with Crippen molar-refractivity contribution in [2.45, 2.75) is 53.1 Å². The quantitative estimate of drug-likeness (QED) is 0.397. The Balaban J connectivity index is 0.00000312. The Bertz CT molecular complexity index is 613. The third kappa shape index (κ3) is 5.58. The molecule has 1 amide bonds. The van der Waals surface area contributed by atoms with Crippen LogP contribution in [0, 0.1) is 13.8 Å². The van der Waals surface area contributed by atoms with E-state index in [1.807, 2.05) is 30.5 Å². The number of nitrogens with one attached hydrogen (secondary N) is 2. The van der Waals surface area contributed by atoms with E-state index in [2.05, 4.69) is 29.6 Å². The lowest BCUT2D eigenvalue weighted by Crippen LogP contribution is -2.45. The predicted octanol–water partition coefficient (Wildman–Crippen LogP) is 1.72. The molecule has 142 valence electrons. The second-order valence-electron chi connectivity index (χ2n) is 6.29. The van der Waals surface area contributed by atoms with Gasteiger partial charge >= 0.3 is 0 Å². The second-order valence-corrected chi connectivity index (χ2v) is 6.29. The normalized spacial score (nSPS) is 17.4. The number of rotatable bonds is 5. The topological polar surface area (TPSA) is 74.6 Å². The number of amides is 1. The van der Waals surface area contributed by atoms with Crippen molar-refractivity contribution in [3.8, 4) is 0 Å². The molecule has 0 saturated carbocycles. The minimum absolute atomic E-state index is 0. The summed E-state index contributed by atoms with van der Waals surface area (Å²) in [5.41, 5.74) is 3.34. The number of aryl methyl sites for hydroxylation is 2. The summed E-state index contributed by atoms with van der Waals surface area (Å²) in [6.45, 7) is 11.0. The Morgan fingerprint density at radius 2 is 2.08 bits per heavy atom. The number of hydrogen-bond acceptors (Lipinski definition) is 3. The number of carbonyl (C=O) groups excluding carboxylic acids is 1. The minimum Gasteiger partial charge on any atom is -0.357 e. The van der Waals surface area contributed by atoms with Crippen LogP contribution in [-0.2, 0) is 18.4 Å². The summed E-state index contributed by atoms with van der Waals surface area (Å²) in [5.74, 6) is 1.03. The zero-order chi connectivity index (χ0) is 17.7. The summed E-state index contributed by atoms with van der Waals surface area (Å²) < 4.78 is 1.89. The molecule has 0 radical (unpaired) electrons. The average molecular weight is 462 g/mol. The molecule has 2 rings (SSSR count). The highest BCUT2D eigenvalue weighted by Gasteiger charge is 2.25. The van der Waals surface area contributed by atoms with E-state index >= 15 is 0 Å². The van der Waals surface area contributed by atoms with Gasteiger partial charge in [-0.3, -0.25) is 9.48 Å². The first kappa shape index (κ1) is 21.7. The lowest BCUT2D eigenvalue weighted by molar-refractivity contribution is -0.129. The molecule has 1 aromatic heterocycles. The van der Waals surface area contributed by atoms with Gasteiger partial charge in [0.2, 0.25) is 5.91 Å². The highest BCUT2D eigenvalue weighted by Crippen LogP contribution is 2.13. The van der Waals surface area contributed by atoms with E-state index in [1.165, 1.54) is 5.56 Å². The Labute approximate surface area is 167 Å². The Kier molecular flexibility index (Phi) is 8.67. The van der Waals surface area contributed by atoms with E-state index < -0.39 is 0 Å². The van der Waals surface area contributed by atoms with Crippen LogP contribution in [0.25, 0.3) is 0 Å². The van der Waals surface area contributed by atoms with Gasteiger partial charge in [0.05, 0.1) is 12.2 Å². The van der Waals surface area contributed by atoms with Gasteiger partial charge in [-0.2, -0.15) is 5.10 Å². The lowest BCUT2D eigenvalue weighted by atomic mass is 10.2. The number of likely N-dealkylation sites (tertiary alicyclic amines) is 1. The van der Waals surface area contributed by atoms with Gasteiger partial charge in [-0.05, 0) is 27.2 Å². The minimum atomic E-state index is 0. The standard InChI is InChI=1S/C17H30N6O.HI/c1-6-16(24)23-9-8-14(11-23)20-17(18-7-2)19-10-15-12(3)21-22(5)13(15)4;/h14H,6-11H2,1-5H3,(H2,18,19,20);1H. The fourth-order valence-corrected chi connectivity index (χ4v) is 3.05. The van der Waals surface area contributed by atoms with Crippen LogP contribution >= 0.6 is 24.0 Å². The van der Waals surface area contributed by atoms with Crippen molar-refractivity contribution in [2.24, 2.45) is 12.0 Å². The number of aromatic nitrogens is 2. The van der Waals surface area contributed by atoms with Crippen LogP contribution in [0.1, 0.15) is 43.6 Å². The molecular weight excluding hydrogens is 431 g/mol. The number of carbonyl (C=O) groups is 1. The molecule has 1 saturated heterocycles. The fraction of sp³-hybridized carbons (Fsp3) is 0.706. The maximum Gasteiger partial charge on any atom is 0.222 e. The number of aliphatic imine (C=N–C) groups is 1. The van der Waals surface area contributed by atoms with Crippen LogP contribution < -0.4 is 10.6 Å².